The van der Waals surface area contributed by atoms with Gasteiger partial charge >= 0.3 is 5.69 Å². The number of rotatable bonds is 9. The molecule has 0 saturated heterocycles. The predicted molar refractivity (Wildman–Crippen MR) is 111 cm³/mol. The number of nitro groups is 1. The molecule has 0 aliphatic carbocycles. The summed E-state index contributed by atoms with van der Waals surface area (Å²) in [7, 11) is 1.58. The average Bonchev–Trinajstić information content (AvgIpc) is 3.25. The Morgan fingerprint density at radius 2 is 1.90 bits per heavy atom. The summed E-state index contributed by atoms with van der Waals surface area (Å²) in [4.78, 5) is 27.3. The highest BCUT2D eigenvalue weighted by molar-refractivity contribution is 5.78. The molecule has 0 aliphatic rings. The molecule has 0 radical (unpaired) electrons. The van der Waals surface area contributed by atoms with E-state index in [9.17, 15) is 14.9 Å². The summed E-state index contributed by atoms with van der Waals surface area (Å²) in [6, 6.07) is 12.5. The maximum absolute atomic E-state index is 12.4. The quantitative estimate of drug-likeness (QED) is 0.406. The topological polar surface area (TPSA) is 130 Å². The van der Waals surface area contributed by atoms with Gasteiger partial charge in [0, 0.05) is 11.6 Å². The molecule has 0 spiro atoms. The van der Waals surface area contributed by atoms with Gasteiger partial charge < -0.3 is 19.3 Å². The Balaban J connectivity index is 1.68. The molecule has 1 atom stereocenters. The number of carbonyl (C=O) groups is 1. The Morgan fingerprint density at radius 3 is 2.55 bits per heavy atom. The molecule has 0 aliphatic heterocycles. The summed E-state index contributed by atoms with van der Waals surface area (Å²) in [5, 5.41) is 17.8. The maximum atomic E-state index is 12.4. The summed E-state index contributed by atoms with van der Waals surface area (Å²) in [6.07, 6.45) is 0. The minimum Gasteiger partial charge on any atom is -0.497 e. The number of carbonyl (C=O) groups excluding carboxylic acids is 1. The molecule has 3 aromatic rings. The highest BCUT2D eigenvalue weighted by Crippen LogP contribution is 2.27. The summed E-state index contributed by atoms with van der Waals surface area (Å²) < 4.78 is 15.9. The van der Waals surface area contributed by atoms with E-state index in [2.05, 4.69) is 15.5 Å². The van der Waals surface area contributed by atoms with Gasteiger partial charge in [-0.3, -0.25) is 14.9 Å². The normalized spacial score (nSPS) is 11.7. The number of nitrogens with zero attached hydrogens (tertiary/aromatic N) is 3. The zero-order valence-electron chi connectivity index (χ0n) is 17.3. The molecule has 0 fully saturated rings. The Hall–Kier alpha value is -3.95. The molecule has 1 heterocycles. The van der Waals surface area contributed by atoms with E-state index in [4.69, 9.17) is 14.0 Å². The Morgan fingerprint density at radius 1 is 1.19 bits per heavy atom. The number of ether oxygens (including phenoxy) is 2. The van der Waals surface area contributed by atoms with Gasteiger partial charge in [-0.2, -0.15) is 4.98 Å². The van der Waals surface area contributed by atoms with E-state index >= 15 is 0 Å². The van der Waals surface area contributed by atoms with Crippen LogP contribution in [0.1, 0.15) is 25.8 Å². The van der Waals surface area contributed by atoms with Crippen LogP contribution in [0.25, 0.3) is 11.4 Å². The molecule has 162 valence electrons. The van der Waals surface area contributed by atoms with Crippen LogP contribution in [0.5, 0.6) is 11.5 Å². The third-order valence-corrected chi connectivity index (χ3v) is 4.46. The summed E-state index contributed by atoms with van der Waals surface area (Å²) in [5.41, 5.74) is 0.529. The van der Waals surface area contributed by atoms with Crippen molar-refractivity contribution in [1.82, 2.24) is 15.5 Å². The van der Waals surface area contributed by atoms with Crippen LogP contribution in [0.2, 0.25) is 0 Å². The molecule has 2 aromatic carbocycles. The molecular formula is C21H22N4O6. The van der Waals surface area contributed by atoms with Crippen molar-refractivity contribution in [2.75, 3.05) is 13.7 Å². The van der Waals surface area contributed by atoms with Crippen LogP contribution in [0.15, 0.2) is 53.1 Å². The highest BCUT2D eigenvalue weighted by atomic mass is 16.6. The third kappa shape index (κ3) is 5.35. The van der Waals surface area contributed by atoms with Gasteiger partial charge in [-0.1, -0.05) is 31.1 Å². The molecule has 10 nitrogen and oxygen atoms in total. The van der Waals surface area contributed by atoms with E-state index in [1.54, 1.807) is 37.4 Å². The second-order valence-corrected chi connectivity index (χ2v) is 6.99. The Labute approximate surface area is 178 Å². The van der Waals surface area contributed by atoms with Gasteiger partial charge in [0.25, 0.3) is 5.91 Å². The van der Waals surface area contributed by atoms with Crippen LogP contribution in [-0.2, 0) is 4.79 Å². The molecule has 0 bridgehead atoms. The standard InChI is InChI=1S/C21H22N4O6/c1-13(2)19(21-23-20(24-31-21)14-8-10-15(29-3)11-9-14)22-18(26)12-30-17-7-5-4-6-16(17)25(27)28/h4-11,13,19H,12H2,1-3H3,(H,22,26). The SMILES string of the molecule is COc1ccc(-c2noc(C(NC(=O)COc3ccccc3[N+](=O)[O-])C(C)C)n2)cc1. The second-order valence-electron chi connectivity index (χ2n) is 6.99. The van der Waals surface area contributed by atoms with Crippen molar-refractivity contribution in [2.24, 2.45) is 5.92 Å². The molecule has 10 heteroatoms. The fraction of sp³-hybridized carbons (Fsp3) is 0.286. The minimum absolute atomic E-state index is 0.0170. The van der Waals surface area contributed by atoms with Gasteiger partial charge in [0.2, 0.25) is 11.7 Å². The van der Waals surface area contributed by atoms with Crippen LogP contribution in [0, 0.1) is 16.0 Å². The number of para-hydroxylation sites is 2. The first kappa shape index (κ1) is 21.8. The van der Waals surface area contributed by atoms with Crippen LogP contribution >= 0.6 is 0 Å². The lowest BCUT2D eigenvalue weighted by atomic mass is 10.0. The zero-order valence-corrected chi connectivity index (χ0v) is 17.3. The van der Waals surface area contributed by atoms with E-state index in [-0.39, 0.29) is 23.2 Å². The molecule has 1 aromatic heterocycles. The molecule has 1 N–H and O–H groups in total. The van der Waals surface area contributed by atoms with Crippen molar-refractivity contribution < 1.29 is 23.7 Å². The van der Waals surface area contributed by atoms with Gasteiger partial charge in [-0.15, -0.1) is 0 Å². The highest BCUT2D eigenvalue weighted by Gasteiger charge is 2.25. The number of hydrogen-bond donors (Lipinski definition) is 1. The number of amides is 1. The average molecular weight is 426 g/mol. The van der Waals surface area contributed by atoms with Crippen molar-refractivity contribution in [3.63, 3.8) is 0 Å². The fourth-order valence-electron chi connectivity index (χ4n) is 2.82. The molecule has 1 amide bonds. The first-order chi connectivity index (χ1) is 14.9. The van der Waals surface area contributed by atoms with Gasteiger partial charge in [0.1, 0.15) is 11.8 Å². The van der Waals surface area contributed by atoms with Crippen molar-refractivity contribution >= 4 is 11.6 Å². The lowest BCUT2D eigenvalue weighted by Gasteiger charge is -2.18. The third-order valence-electron chi connectivity index (χ3n) is 4.46. The van der Waals surface area contributed by atoms with Crippen LogP contribution in [0.3, 0.4) is 0 Å². The number of benzene rings is 2. The summed E-state index contributed by atoms with van der Waals surface area (Å²) >= 11 is 0. The number of nitrogens with one attached hydrogen (secondary N) is 1. The van der Waals surface area contributed by atoms with Gasteiger partial charge in [-0.25, -0.2) is 0 Å². The molecule has 0 saturated carbocycles. The van der Waals surface area contributed by atoms with Crippen LogP contribution < -0.4 is 14.8 Å². The maximum Gasteiger partial charge on any atom is 0.310 e. The molecular weight excluding hydrogens is 404 g/mol. The fourth-order valence-corrected chi connectivity index (χ4v) is 2.82. The largest absolute Gasteiger partial charge is 0.497 e. The van der Waals surface area contributed by atoms with Crippen molar-refractivity contribution in [3.05, 3.63) is 64.5 Å². The monoisotopic (exact) mass is 426 g/mol. The molecule has 1 unspecified atom stereocenters. The first-order valence-corrected chi connectivity index (χ1v) is 9.52. The second kappa shape index (κ2) is 9.70. The first-order valence-electron chi connectivity index (χ1n) is 9.52. The van der Waals surface area contributed by atoms with Gasteiger partial charge in [-0.05, 0) is 36.2 Å². The van der Waals surface area contributed by atoms with Crippen molar-refractivity contribution in [1.29, 1.82) is 0 Å². The summed E-state index contributed by atoms with van der Waals surface area (Å²) in [6.45, 7) is 3.39. The van der Waals surface area contributed by atoms with Crippen molar-refractivity contribution in [3.8, 4) is 22.9 Å². The lowest BCUT2D eigenvalue weighted by molar-refractivity contribution is -0.385. The molecule has 3 rings (SSSR count). The molecule has 31 heavy (non-hydrogen) atoms. The van der Waals surface area contributed by atoms with E-state index in [0.717, 1.165) is 5.56 Å². The predicted octanol–water partition coefficient (Wildman–Crippen LogP) is 3.55. The van der Waals surface area contributed by atoms with E-state index in [1.807, 2.05) is 13.8 Å². The van der Waals surface area contributed by atoms with Crippen LogP contribution in [0.4, 0.5) is 5.69 Å². The minimum atomic E-state index is -0.566. The van der Waals surface area contributed by atoms with Crippen molar-refractivity contribution in [2.45, 2.75) is 19.9 Å². The number of nitro benzene ring substituents is 1. The van der Waals surface area contributed by atoms with E-state index < -0.39 is 23.5 Å². The number of aromatic nitrogens is 2. The smallest absolute Gasteiger partial charge is 0.310 e. The summed E-state index contributed by atoms with van der Waals surface area (Å²) in [5.74, 6) is 0.829. The Kier molecular flexibility index (Phi) is 6.81. The zero-order chi connectivity index (χ0) is 22.4. The van der Waals surface area contributed by atoms with Gasteiger partial charge in [0.05, 0.1) is 12.0 Å². The van der Waals surface area contributed by atoms with E-state index in [1.165, 1.54) is 18.2 Å². The lowest BCUT2D eigenvalue weighted by Crippen LogP contribution is -2.35. The van der Waals surface area contributed by atoms with Crippen LogP contribution in [-0.4, -0.2) is 34.7 Å². The Bertz CT molecular complexity index is 1050. The van der Waals surface area contributed by atoms with Gasteiger partial charge in [0.15, 0.2) is 12.4 Å². The van der Waals surface area contributed by atoms with E-state index in [0.29, 0.717) is 11.6 Å². The number of methoxy groups -OCH3 is 1. The number of hydrogen-bond acceptors (Lipinski definition) is 8.